The molecular weight excluding hydrogens is 284 g/mol. The van der Waals surface area contributed by atoms with Gasteiger partial charge in [0.25, 0.3) is 0 Å². The van der Waals surface area contributed by atoms with Crippen LogP contribution in [0.25, 0.3) is 0 Å². The largest absolute Gasteiger partial charge is 0.450 e. The van der Waals surface area contributed by atoms with E-state index < -0.39 is 6.09 Å². The summed E-state index contributed by atoms with van der Waals surface area (Å²) in [5, 5.41) is 2.67. The fraction of sp³-hybridized carbons (Fsp3) is 0.812. The topological polar surface area (TPSA) is 82.8 Å². The van der Waals surface area contributed by atoms with Crippen LogP contribution >= 0.6 is 0 Å². The zero-order chi connectivity index (χ0) is 16.3. The first-order valence-electron chi connectivity index (χ1n) is 8.01. The minimum Gasteiger partial charge on any atom is -0.450 e. The van der Waals surface area contributed by atoms with Crippen molar-refractivity contribution in [3.05, 3.63) is 0 Å². The molecule has 0 bridgehead atoms. The second-order valence-electron chi connectivity index (χ2n) is 4.80. The van der Waals surface area contributed by atoms with Crippen molar-refractivity contribution < 1.29 is 19.0 Å². The van der Waals surface area contributed by atoms with Gasteiger partial charge in [-0.05, 0) is 38.6 Å². The van der Waals surface area contributed by atoms with E-state index in [1.54, 1.807) is 0 Å². The van der Waals surface area contributed by atoms with E-state index in [1.165, 1.54) is 0 Å². The lowest BCUT2D eigenvalue weighted by molar-refractivity contribution is 0.100. The van der Waals surface area contributed by atoms with Gasteiger partial charge >= 0.3 is 6.09 Å². The van der Waals surface area contributed by atoms with Gasteiger partial charge in [0.05, 0.1) is 6.61 Å². The van der Waals surface area contributed by atoms with Gasteiger partial charge in [-0.1, -0.05) is 0 Å². The smallest absolute Gasteiger partial charge is 0.407 e. The van der Waals surface area contributed by atoms with Crippen LogP contribution in [-0.2, 0) is 14.2 Å². The fourth-order valence-electron chi connectivity index (χ4n) is 1.55. The van der Waals surface area contributed by atoms with Crippen LogP contribution < -0.4 is 11.1 Å². The van der Waals surface area contributed by atoms with Gasteiger partial charge in [-0.25, -0.2) is 4.79 Å². The first-order chi connectivity index (χ1) is 10.8. The molecule has 1 amide bonds. The Morgan fingerprint density at radius 2 is 1.59 bits per heavy atom. The van der Waals surface area contributed by atoms with Crippen molar-refractivity contribution in [2.24, 2.45) is 5.73 Å². The van der Waals surface area contributed by atoms with Gasteiger partial charge in [-0.2, -0.15) is 0 Å². The molecule has 0 aromatic heterocycles. The van der Waals surface area contributed by atoms with Gasteiger partial charge < -0.3 is 25.3 Å². The third kappa shape index (κ3) is 16.8. The number of amides is 1. The van der Waals surface area contributed by atoms with Crippen LogP contribution in [0.4, 0.5) is 4.79 Å². The van der Waals surface area contributed by atoms with E-state index in [0.717, 1.165) is 45.5 Å². The number of carbonyl (C=O) groups excluding carboxylic acids is 1. The highest BCUT2D eigenvalue weighted by molar-refractivity contribution is 5.66. The average molecular weight is 314 g/mol. The molecule has 0 aromatic carbocycles. The molecule has 0 rings (SSSR count). The Morgan fingerprint density at radius 3 is 2.23 bits per heavy atom. The summed E-state index contributed by atoms with van der Waals surface area (Å²) in [6, 6.07) is 0. The van der Waals surface area contributed by atoms with Crippen LogP contribution in [0.1, 0.15) is 38.5 Å². The van der Waals surface area contributed by atoms with Crippen molar-refractivity contribution in [1.29, 1.82) is 0 Å². The lowest BCUT2D eigenvalue weighted by Crippen LogP contribution is -2.26. The molecule has 22 heavy (non-hydrogen) atoms. The molecule has 0 radical (unpaired) electrons. The third-order valence-corrected chi connectivity index (χ3v) is 2.75. The highest BCUT2D eigenvalue weighted by Crippen LogP contribution is 1.93. The van der Waals surface area contributed by atoms with Crippen LogP contribution in [-0.4, -0.2) is 52.2 Å². The van der Waals surface area contributed by atoms with Crippen molar-refractivity contribution in [1.82, 2.24) is 5.32 Å². The number of hydrogen-bond acceptors (Lipinski definition) is 5. The Morgan fingerprint density at radius 1 is 0.955 bits per heavy atom. The van der Waals surface area contributed by atoms with Gasteiger partial charge in [-0.15, -0.1) is 12.3 Å². The molecule has 0 heterocycles. The van der Waals surface area contributed by atoms with Crippen LogP contribution in [0.15, 0.2) is 0 Å². The van der Waals surface area contributed by atoms with Gasteiger partial charge in [0.1, 0.15) is 0 Å². The lowest BCUT2D eigenvalue weighted by Gasteiger charge is -2.07. The molecule has 0 aliphatic carbocycles. The van der Waals surface area contributed by atoms with Gasteiger partial charge in [-0.3, -0.25) is 0 Å². The third-order valence-electron chi connectivity index (χ3n) is 2.75. The van der Waals surface area contributed by atoms with E-state index in [4.69, 9.17) is 26.4 Å². The van der Waals surface area contributed by atoms with E-state index in [-0.39, 0.29) is 0 Å². The molecule has 128 valence electrons. The zero-order valence-electron chi connectivity index (χ0n) is 13.5. The van der Waals surface area contributed by atoms with Crippen LogP contribution in [0.3, 0.4) is 0 Å². The number of carbonyl (C=O) groups is 1. The van der Waals surface area contributed by atoms with E-state index in [1.807, 2.05) is 0 Å². The lowest BCUT2D eigenvalue weighted by atomic mass is 10.3. The van der Waals surface area contributed by atoms with Crippen molar-refractivity contribution in [3.63, 3.8) is 0 Å². The quantitative estimate of drug-likeness (QED) is 0.355. The number of alkyl carbamates (subject to hydrolysis) is 1. The van der Waals surface area contributed by atoms with E-state index in [9.17, 15) is 4.79 Å². The second kappa shape index (κ2) is 17.8. The van der Waals surface area contributed by atoms with Crippen molar-refractivity contribution in [2.75, 3.05) is 46.1 Å². The highest BCUT2D eigenvalue weighted by Gasteiger charge is 2.00. The number of hydrogen-bond donors (Lipinski definition) is 2. The fourth-order valence-corrected chi connectivity index (χ4v) is 1.55. The molecule has 0 fully saturated rings. The van der Waals surface area contributed by atoms with Crippen molar-refractivity contribution in [2.45, 2.75) is 38.5 Å². The zero-order valence-corrected chi connectivity index (χ0v) is 13.5. The maximum absolute atomic E-state index is 11.2. The standard InChI is InChI=1S/C16H30N2O4/c1-2-3-4-15-22-16(19)18-10-8-14-21-12-6-5-11-20-13-7-9-17/h1H,3-15,17H2,(H,18,19). The summed E-state index contributed by atoms with van der Waals surface area (Å²) in [5.41, 5.74) is 5.36. The van der Waals surface area contributed by atoms with Crippen LogP contribution in [0.5, 0.6) is 0 Å². The Labute approximate surface area is 134 Å². The number of unbranched alkanes of at least 4 members (excludes halogenated alkanes) is 2. The minimum absolute atomic E-state index is 0.361. The summed E-state index contributed by atoms with van der Waals surface area (Å²) in [4.78, 5) is 11.2. The Kier molecular flexibility index (Phi) is 16.7. The summed E-state index contributed by atoms with van der Waals surface area (Å²) in [5.74, 6) is 2.49. The maximum atomic E-state index is 11.2. The van der Waals surface area contributed by atoms with Crippen molar-refractivity contribution >= 4 is 6.09 Å². The van der Waals surface area contributed by atoms with Crippen LogP contribution in [0, 0.1) is 12.3 Å². The van der Waals surface area contributed by atoms with Gasteiger partial charge in [0, 0.05) is 39.4 Å². The summed E-state index contributed by atoms with van der Waals surface area (Å²) >= 11 is 0. The van der Waals surface area contributed by atoms with Gasteiger partial charge in [0.15, 0.2) is 0 Å². The first kappa shape index (κ1) is 20.7. The number of nitrogens with one attached hydrogen (secondary N) is 1. The first-order valence-corrected chi connectivity index (χ1v) is 8.01. The summed E-state index contributed by atoms with van der Waals surface area (Å²) in [7, 11) is 0. The van der Waals surface area contributed by atoms with Gasteiger partial charge in [0.2, 0.25) is 0 Å². The van der Waals surface area contributed by atoms with Crippen molar-refractivity contribution in [3.8, 4) is 12.3 Å². The highest BCUT2D eigenvalue weighted by atomic mass is 16.5. The van der Waals surface area contributed by atoms with E-state index in [2.05, 4.69) is 11.2 Å². The summed E-state index contributed by atoms with van der Waals surface area (Å²) in [6.07, 6.45) is 9.68. The molecule has 6 heteroatoms. The summed E-state index contributed by atoms with van der Waals surface area (Å²) in [6.45, 7) is 4.44. The molecular formula is C16H30N2O4. The monoisotopic (exact) mass is 314 g/mol. The maximum Gasteiger partial charge on any atom is 0.407 e. The normalized spacial score (nSPS) is 10.2. The predicted molar refractivity (Wildman–Crippen MR) is 86.6 cm³/mol. The average Bonchev–Trinajstić information content (AvgIpc) is 2.52. The second-order valence-corrected chi connectivity index (χ2v) is 4.80. The molecule has 0 aromatic rings. The molecule has 0 spiro atoms. The molecule has 0 aliphatic rings. The Bertz CT molecular complexity index is 292. The predicted octanol–water partition coefficient (Wildman–Crippen LogP) is 1.68. The summed E-state index contributed by atoms with van der Waals surface area (Å²) < 4.78 is 15.8. The Hall–Kier alpha value is -1.29. The molecule has 0 aliphatic heterocycles. The molecule has 0 saturated carbocycles. The number of rotatable bonds is 15. The number of nitrogens with two attached hydrogens (primary N) is 1. The molecule has 0 unspecified atom stereocenters. The molecule has 0 saturated heterocycles. The van der Waals surface area contributed by atoms with Crippen LogP contribution in [0.2, 0.25) is 0 Å². The minimum atomic E-state index is -0.397. The number of terminal acetylenes is 1. The number of ether oxygens (including phenoxy) is 3. The SMILES string of the molecule is C#CCCCOC(=O)NCCCOCCCCOCCCN. The van der Waals surface area contributed by atoms with E-state index >= 15 is 0 Å². The molecule has 3 N–H and O–H groups in total. The Balaban J connectivity index is 3.10. The van der Waals surface area contributed by atoms with E-state index in [0.29, 0.717) is 39.1 Å². The molecule has 0 atom stereocenters. The molecule has 6 nitrogen and oxygen atoms in total.